The summed E-state index contributed by atoms with van der Waals surface area (Å²) in [6, 6.07) is 0.364. The molecule has 2 rings (SSSR count). The zero-order chi connectivity index (χ0) is 8.55. The highest BCUT2D eigenvalue weighted by Gasteiger charge is 2.36. The minimum Gasteiger partial charge on any atom is -0.373 e. The Labute approximate surface area is 71.9 Å². The van der Waals surface area contributed by atoms with Crippen LogP contribution in [0.3, 0.4) is 0 Å². The molecule has 68 valence electrons. The zero-order valence-corrected chi connectivity index (χ0v) is 7.25. The standard InChI is InChI=1S/C8H14N2O2/c1-6(11)10-4-7-8(5-10)12-3-2-9-7/h7-9H,2-5H2,1H3/t7-,8-/m0/s1. The van der Waals surface area contributed by atoms with Crippen molar-refractivity contribution in [3.63, 3.8) is 0 Å². The van der Waals surface area contributed by atoms with E-state index < -0.39 is 0 Å². The van der Waals surface area contributed by atoms with Crippen LogP contribution in [-0.4, -0.2) is 49.2 Å². The first kappa shape index (κ1) is 8.01. The number of rotatable bonds is 0. The summed E-state index contributed by atoms with van der Waals surface area (Å²) < 4.78 is 5.53. The number of ether oxygens (including phenoxy) is 1. The summed E-state index contributed by atoms with van der Waals surface area (Å²) in [5, 5.41) is 3.35. The molecule has 0 radical (unpaired) electrons. The monoisotopic (exact) mass is 170 g/mol. The molecule has 1 amide bonds. The summed E-state index contributed by atoms with van der Waals surface area (Å²) in [6.07, 6.45) is 0.225. The molecule has 0 aromatic carbocycles. The van der Waals surface area contributed by atoms with Gasteiger partial charge in [-0.05, 0) is 0 Å². The minimum atomic E-state index is 0.148. The van der Waals surface area contributed by atoms with Gasteiger partial charge < -0.3 is 15.0 Å². The van der Waals surface area contributed by atoms with E-state index in [0.717, 1.165) is 26.2 Å². The van der Waals surface area contributed by atoms with Gasteiger partial charge in [0.15, 0.2) is 0 Å². The average Bonchev–Trinajstić information content (AvgIpc) is 2.46. The number of nitrogens with zero attached hydrogens (tertiary/aromatic N) is 1. The van der Waals surface area contributed by atoms with Crippen molar-refractivity contribution in [3.05, 3.63) is 0 Å². The molecule has 4 heteroatoms. The molecular formula is C8H14N2O2. The van der Waals surface area contributed by atoms with Crippen LogP contribution in [0, 0.1) is 0 Å². The fourth-order valence-electron chi connectivity index (χ4n) is 1.85. The number of hydrogen-bond donors (Lipinski definition) is 1. The Morgan fingerprint density at radius 2 is 2.42 bits per heavy atom. The normalized spacial score (nSPS) is 34.9. The maximum Gasteiger partial charge on any atom is 0.219 e. The summed E-state index contributed by atoms with van der Waals surface area (Å²) in [5.74, 6) is 0.148. The first-order valence-corrected chi connectivity index (χ1v) is 4.38. The molecule has 0 saturated carbocycles. The predicted molar refractivity (Wildman–Crippen MR) is 43.8 cm³/mol. The molecule has 2 saturated heterocycles. The average molecular weight is 170 g/mol. The lowest BCUT2D eigenvalue weighted by atomic mass is 10.2. The predicted octanol–water partition coefficient (Wildman–Crippen LogP) is -0.794. The van der Waals surface area contributed by atoms with Crippen molar-refractivity contribution >= 4 is 5.91 Å². The molecule has 0 aromatic rings. The SMILES string of the molecule is CC(=O)N1C[C@@H]2NCCO[C@H]2C1. The fourth-order valence-corrected chi connectivity index (χ4v) is 1.85. The molecule has 2 atom stereocenters. The molecule has 2 fully saturated rings. The summed E-state index contributed by atoms with van der Waals surface area (Å²) in [6.45, 7) is 4.85. The van der Waals surface area contributed by atoms with Gasteiger partial charge in [0.2, 0.25) is 5.91 Å². The molecule has 0 aromatic heterocycles. The highest BCUT2D eigenvalue weighted by Crippen LogP contribution is 2.15. The molecule has 2 aliphatic rings. The second-order valence-electron chi connectivity index (χ2n) is 3.39. The van der Waals surface area contributed by atoms with E-state index in [1.807, 2.05) is 4.90 Å². The van der Waals surface area contributed by atoms with Crippen molar-refractivity contribution < 1.29 is 9.53 Å². The second kappa shape index (κ2) is 3.03. The fraction of sp³-hybridized carbons (Fsp3) is 0.875. The van der Waals surface area contributed by atoms with Gasteiger partial charge in [-0.15, -0.1) is 0 Å². The number of nitrogens with one attached hydrogen (secondary N) is 1. The van der Waals surface area contributed by atoms with Gasteiger partial charge in [-0.3, -0.25) is 4.79 Å². The third-order valence-electron chi connectivity index (χ3n) is 2.55. The van der Waals surface area contributed by atoms with Gasteiger partial charge in [-0.1, -0.05) is 0 Å². The number of amides is 1. The third-order valence-corrected chi connectivity index (χ3v) is 2.55. The Morgan fingerprint density at radius 3 is 3.08 bits per heavy atom. The number of carbonyl (C=O) groups excluding carboxylic acids is 1. The Morgan fingerprint density at radius 1 is 1.58 bits per heavy atom. The Balaban J connectivity index is 1.98. The van der Waals surface area contributed by atoms with Crippen molar-refractivity contribution in [1.82, 2.24) is 10.2 Å². The summed E-state index contributed by atoms with van der Waals surface area (Å²) >= 11 is 0. The molecule has 0 bridgehead atoms. The summed E-state index contributed by atoms with van der Waals surface area (Å²) in [5.41, 5.74) is 0. The first-order valence-electron chi connectivity index (χ1n) is 4.38. The van der Waals surface area contributed by atoms with E-state index in [0.29, 0.717) is 6.04 Å². The smallest absolute Gasteiger partial charge is 0.219 e. The van der Waals surface area contributed by atoms with Crippen LogP contribution in [0.2, 0.25) is 0 Å². The molecular weight excluding hydrogens is 156 g/mol. The first-order chi connectivity index (χ1) is 5.77. The van der Waals surface area contributed by atoms with Gasteiger partial charge in [0.05, 0.1) is 18.8 Å². The number of fused-ring (bicyclic) bond motifs is 1. The van der Waals surface area contributed by atoms with E-state index in [1.54, 1.807) is 6.92 Å². The third kappa shape index (κ3) is 1.32. The minimum absolute atomic E-state index is 0.148. The van der Waals surface area contributed by atoms with E-state index in [4.69, 9.17) is 4.74 Å². The molecule has 0 unspecified atom stereocenters. The molecule has 4 nitrogen and oxygen atoms in total. The number of morpholine rings is 1. The van der Waals surface area contributed by atoms with Crippen molar-refractivity contribution in [2.75, 3.05) is 26.2 Å². The van der Waals surface area contributed by atoms with E-state index in [-0.39, 0.29) is 12.0 Å². The Kier molecular flexibility index (Phi) is 2.02. The lowest BCUT2D eigenvalue weighted by Gasteiger charge is -2.25. The summed E-state index contributed by atoms with van der Waals surface area (Å²) in [7, 11) is 0. The van der Waals surface area contributed by atoms with Crippen LogP contribution in [-0.2, 0) is 9.53 Å². The van der Waals surface area contributed by atoms with Crippen LogP contribution in [0.15, 0.2) is 0 Å². The van der Waals surface area contributed by atoms with E-state index in [2.05, 4.69) is 5.32 Å². The van der Waals surface area contributed by atoms with Crippen LogP contribution in [0.4, 0.5) is 0 Å². The maximum atomic E-state index is 11.0. The molecule has 2 aliphatic heterocycles. The number of hydrogen-bond acceptors (Lipinski definition) is 3. The van der Waals surface area contributed by atoms with Gasteiger partial charge in [0.25, 0.3) is 0 Å². The van der Waals surface area contributed by atoms with E-state index in [1.165, 1.54) is 0 Å². The van der Waals surface area contributed by atoms with Crippen molar-refractivity contribution in [2.24, 2.45) is 0 Å². The van der Waals surface area contributed by atoms with Gasteiger partial charge in [-0.25, -0.2) is 0 Å². The molecule has 2 heterocycles. The highest BCUT2D eigenvalue weighted by atomic mass is 16.5. The lowest BCUT2D eigenvalue weighted by molar-refractivity contribution is -0.128. The molecule has 1 N–H and O–H groups in total. The van der Waals surface area contributed by atoms with Gasteiger partial charge >= 0.3 is 0 Å². The Bertz CT molecular complexity index is 181. The molecule has 0 spiro atoms. The van der Waals surface area contributed by atoms with E-state index in [9.17, 15) is 4.79 Å². The summed E-state index contributed by atoms with van der Waals surface area (Å²) in [4.78, 5) is 12.9. The topological polar surface area (TPSA) is 41.6 Å². The van der Waals surface area contributed by atoms with Gasteiger partial charge in [0.1, 0.15) is 0 Å². The van der Waals surface area contributed by atoms with Crippen LogP contribution < -0.4 is 5.32 Å². The quantitative estimate of drug-likeness (QED) is 0.518. The number of likely N-dealkylation sites (tertiary alicyclic amines) is 1. The van der Waals surface area contributed by atoms with Crippen LogP contribution >= 0.6 is 0 Å². The highest BCUT2D eigenvalue weighted by molar-refractivity contribution is 5.73. The lowest BCUT2D eigenvalue weighted by Crippen LogP contribution is -2.47. The van der Waals surface area contributed by atoms with Crippen molar-refractivity contribution in [1.29, 1.82) is 0 Å². The van der Waals surface area contributed by atoms with Crippen LogP contribution in [0.5, 0.6) is 0 Å². The second-order valence-corrected chi connectivity index (χ2v) is 3.39. The van der Waals surface area contributed by atoms with Crippen LogP contribution in [0.1, 0.15) is 6.92 Å². The van der Waals surface area contributed by atoms with Crippen LogP contribution in [0.25, 0.3) is 0 Å². The van der Waals surface area contributed by atoms with Gasteiger partial charge in [-0.2, -0.15) is 0 Å². The van der Waals surface area contributed by atoms with E-state index >= 15 is 0 Å². The maximum absolute atomic E-state index is 11.0. The molecule has 12 heavy (non-hydrogen) atoms. The van der Waals surface area contributed by atoms with Crippen molar-refractivity contribution in [2.45, 2.75) is 19.1 Å². The largest absolute Gasteiger partial charge is 0.373 e. The van der Waals surface area contributed by atoms with Crippen molar-refractivity contribution in [3.8, 4) is 0 Å². The number of carbonyl (C=O) groups is 1. The molecule has 0 aliphatic carbocycles. The van der Waals surface area contributed by atoms with Gasteiger partial charge in [0, 0.05) is 26.6 Å². The zero-order valence-electron chi connectivity index (χ0n) is 7.25. The Hall–Kier alpha value is -0.610.